The summed E-state index contributed by atoms with van der Waals surface area (Å²) in [7, 11) is 0.284. The number of aryl methyl sites for hydroxylation is 1. The summed E-state index contributed by atoms with van der Waals surface area (Å²) in [6, 6.07) is 9.32. The normalized spacial score (nSPS) is 12.1. The Kier molecular flexibility index (Phi) is 3.90. The largest absolute Gasteiger partial charge is 0.373 e. The van der Waals surface area contributed by atoms with E-state index in [0.717, 1.165) is 22.0 Å². The Bertz CT molecular complexity index is 952. The van der Waals surface area contributed by atoms with Gasteiger partial charge in [-0.05, 0) is 30.2 Å². The Hall–Kier alpha value is -2.26. The van der Waals surface area contributed by atoms with Gasteiger partial charge in [0.1, 0.15) is 6.66 Å². The third-order valence-corrected chi connectivity index (χ3v) is 5.03. The fraction of sp³-hybridized carbons (Fsp3) is 0.294. The first-order valence-electron chi connectivity index (χ1n) is 7.49. The number of nitrogens with zero attached hydrogens (tertiary/aromatic N) is 3. The van der Waals surface area contributed by atoms with Crippen LogP contribution in [0.25, 0.3) is 16.7 Å². The molecule has 0 aliphatic rings. The van der Waals surface area contributed by atoms with Crippen LogP contribution in [0.1, 0.15) is 25.5 Å². The van der Waals surface area contributed by atoms with Gasteiger partial charge in [0.2, 0.25) is 0 Å². The molecule has 0 N–H and O–H groups in total. The van der Waals surface area contributed by atoms with Crippen molar-refractivity contribution in [2.24, 2.45) is 7.05 Å². The van der Waals surface area contributed by atoms with Gasteiger partial charge >= 0.3 is 13.5 Å². The molecule has 3 aromatic rings. The Labute approximate surface area is 135 Å². The lowest BCUT2D eigenvalue weighted by Gasteiger charge is -2.06. The highest BCUT2D eigenvalue weighted by molar-refractivity contribution is 7.52. The van der Waals surface area contributed by atoms with E-state index in [1.807, 2.05) is 30.3 Å². The topological polar surface area (TPSA) is 56.9 Å². The van der Waals surface area contributed by atoms with E-state index >= 15 is 0 Å². The van der Waals surface area contributed by atoms with Crippen LogP contribution in [0, 0.1) is 0 Å². The van der Waals surface area contributed by atoms with E-state index in [4.69, 9.17) is 0 Å². The molecule has 0 amide bonds. The number of rotatable bonds is 3. The molecule has 6 heteroatoms. The lowest BCUT2D eigenvalue weighted by atomic mass is 10.1. The number of hydrogen-bond donors (Lipinski definition) is 0. The van der Waals surface area contributed by atoms with Crippen molar-refractivity contribution in [3.05, 3.63) is 52.7 Å². The van der Waals surface area contributed by atoms with Gasteiger partial charge in [0.05, 0.1) is 22.9 Å². The van der Waals surface area contributed by atoms with Gasteiger partial charge in [-0.3, -0.25) is 14.1 Å². The molecular formula is C17H19N3O2P+. The van der Waals surface area contributed by atoms with E-state index in [1.165, 1.54) is 0 Å². The molecule has 0 spiro atoms. The summed E-state index contributed by atoms with van der Waals surface area (Å²) in [4.78, 5) is 17.1. The summed E-state index contributed by atoms with van der Waals surface area (Å²) in [5.41, 5.74) is 3.12. The van der Waals surface area contributed by atoms with Gasteiger partial charge in [-0.25, -0.2) is 4.79 Å². The van der Waals surface area contributed by atoms with Crippen molar-refractivity contribution in [2.45, 2.75) is 19.8 Å². The number of aromatic nitrogens is 3. The monoisotopic (exact) mass is 328 g/mol. The fourth-order valence-electron chi connectivity index (χ4n) is 2.65. The Balaban J connectivity index is 2.27. The van der Waals surface area contributed by atoms with E-state index < -0.39 is 7.80 Å². The zero-order chi connectivity index (χ0) is 16.7. The SMILES string of the molecule is CC(C)c1ccc(-n2c(=O)n(C)c3ccc([P+](C)=O)cc32)cn1. The van der Waals surface area contributed by atoms with Crippen LogP contribution in [0.3, 0.4) is 0 Å². The summed E-state index contributed by atoms with van der Waals surface area (Å²) < 4.78 is 15.0. The van der Waals surface area contributed by atoms with Crippen LogP contribution in [-0.2, 0) is 11.6 Å². The molecule has 23 heavy (non-hydrogen) atoms. The van der Waals surface area contributed by atoms with Gasteiger partial charge in [-0.2, -0.15) is 0 Å². The maximum Gasteiger partial charge on any atom is 0.373 e. The minimum atomic E-state index is -1.45. The first kappa shape index (κ1) is 15.6. The first-order chi connectivity index (χ1) is 10.9. The molecule has 0 saturated carbocycles. The van der Waals surface area contributed by atoms with Gasteiger partial charge < -0.3 is 0 Å². The van der Waals surface area contributed by atoms with Crippen molar-refractivity contribution >= 4 is 24.1 Å². The molecule has 1 aromatic carbocycles. The molecular weight excluding hydrogens is 309 g/mol. The number of pyridine rings is 1. The summed E-state index contributed by atoms with van der Waals surface area (Å²) >= 11 is 0. The first-order valence-corrected chi connectivity index (χ1v) is 9.19. The maximum atomic E-state index is 12.6. The summed E-state index contributed by atoms with van der Waals surface area (Å²) in [5.74, 6) is 0.337. The number of imidazole rings is 1. The fourth-order valence-corrected chi connectivity index (χ4v) is 3.24. The Morgan fingerprint density at radius 3 is 2.43 bits per heavy atom. The highest BCUT2D eigenvalue weighted by atomic mass is 31.1. The second kappa shape index (κ2) is 5.74. The van der Waals surface area contributed by atoms with Crippen LogP contribution >= 0.6 is 7.80 Å². The van der Waals surface area contributed by atoms with E-state index in [0.29, 0.717) is 11.6 Å². The number of fused-ring (bicyclic) bond motifs is 1. The highest BCUT2D eigenvalue weighted by Gasteiger charge is 2.18. The predicted octanol–water partition coefficient (Wildman–Crippen LogP) is 2.93. The number of benzene rings is 1. The highest BCUT2D eigenvalue weighted by Crippen LogP contribution is 2.21. The Morgan fingerprint density at radius 2 is 1.87 bits per heavy atom. The smallest absolute Gasteiger partial charge is 0.295 e. The summed E-state index contributed by atoms with van der Waals surface area (Å²) in [6.45, 7) is 5.83. The van der Waals surface area contributed by atoms with Crippen molar-refractivity contribution in [3.8, 4) is 5.69 Å². The third-order valence-electron chi connectivity index (χ3n) is 4.02. The molecule has 0 aliphatic heterocycles. The molecule has 3 rings (SSSR count). The van der Waals surface area contributed by atoms with E-state index in [9.17, 15) is 9.36 Å². The molecule has 2 heterocycles. The molecule has 0 saturated heterocycles. The lowest BCUT2D eigenvalue weighted by molar-refractivity contribution is 0.596. The van der Waals surface area contributed by atoms with Gasteiger partial charge in [0.15, 0.2) is 5.30 Å². The molecule has 0 fully saturated rings. The van der Waals surface area contributed by atoms with Crippen molar-refractivity contribution in [1.29, 1.82) is 0 Å². The molecule has 0 radical (unpaired) electrons. The quantitative estimate of drug-likeness (QED) is 0.695. The summed E-state index contributed by atoms with van der Waals surface area (Å²) in [5, 5.41) is 0.735. The molecule has 2 aromatic heterocycles. The summed E-state index contributed by atoms with van der Waals surface area (Å²) in [6.07, 6.45) is 1.72. The van der Waals surface area contributed by atoms with Crippen LogP contribution in [0.2, 0.25) is 0 Å². The minimum Gasteiger partial charge on any atom is -0.295 e. The maximum absolute atomic E-state index is 12.6. The molecule has 0 aliphatic carbocycles. The van der Waals surface area contributed by atoms with Crippen LogP contribution < -0.4 is 11.0 Å². The second-order valence-corrected chi connectivity index (χ2v) is 7.45. The zero-order valence-electron chi connectivity index (χ0n) is 13.6. The lowest BCUT2D eigenvalue weighted by Crippen LogP contribution is -2.21. The average Bonchev–Trinajstić information content (AvgIpc) is 2.78. The van der Waals surface area contributed by atoms with E-state index in [1.54, 1.807) is 29.0 Å². The van der Waals surface area contributed by atoms with Crippen molar-refractivity contribution in [1.82, 2.24) is 14.1 Å². The van der Waals surface area contributed by atoms with Crippen LogP contribution in [0.5, 0.6) is 0 Å². The minimum absolute atomic E-state index is 0.137. The molecule has 1 atom stereocenters. The Morgan fingerprint density at radius 1 is 1.13 bits per heavy atom. The van der Waals surface area contributed by atoms with Gasteiger partial charge in [0.25, 0.3) is 0 Å². The van der Waals surface area contributed by atoms with E-state index in [2.05, 4.69) is 18.8 Å². The predicted molar refractivity (Wildman–Crippen MR) is 93.6 cm³/mol. The van der Waals surface area contributed by atoms with Crippen LogP contribution in [-0.4, -0.2) is 20.8 Å². The van der Waals surface area contributed by atoms with Crippen molar-refractivity contribution < 1.29 is 4.57 Å². The average molecular weight is 328 g/mol. The zero-order valence-corrected chi connectivity index (χ0v) is 14.5. The van der Waals surface area contributed by atoms with Gasteiger partial charge in [-0.15, -0.1) is 0 Å². The molecule has 118 valence electrons. The molecule has 1 unspecified atom stereocenters. The van der Waals surface area contributed by atoms with Gasteiger partial charge in [-0.1, -0.05) is 18.4 Å². The number of hydrogen-bond acceptors (Lipinski definition) is 3. The van der Waals surface area contributed by atoms with Crippen LogP contribution in [0.15, 0.2) is 41.3 Å². The van der Waals surface area contributed by atoms with Crippen molar-refractivity contribution in [2.75, 3.05) is 6.66 Å². The third kappa shape index (κ3) is 2.62. The molecule has 0 bridgehead atoms. The van der Waals surface area contributed by atoms with Crippen LogP contribution in [0.4, 0.5) is 0 Å². The standard InChI is InChI=1S/C17H19N3O2P/c1-11(2)14-7-5-12(10-18-14)20-16-9-13(23(4)22)6-8-15(16)19(3)17(20)21/h5-11H,1-4H3/q+1. The molecule has 5 nitrogen and oxygen atoms in total. The second-order valence-electron chi connectivity index (χ2n) is 5.94. The van der Waals surface area contributed by atoms with Crippen molar-refractivity contribution in [3.63, 3.8) is 0 Å². The van der Waals surface area contributed by atoms with Gasteiger partial charge in [0, 0.05) is 18.8 Å². The van der Waals surface area contributed by atoms with E-state index in [-0.39, 0.29) is 5.69 Å².